The van der Waals surface area contributed by atoms with E-state index in [9.17, 15) is 9.59 Å². The van der Waals surface area contributed by atoms with Crippen LogP contribution >= 0.6 is 0 Å². The molecule has 0 unspecified atom stereocenters. The Hall–Kier alpha value is -2.52. The van der Waals surface area contributed by atoms with Crippen LogP contribution in [0.1, 0.15) is 10.5 Å². The number of Topliss-reactive ketones (excluding diaryl/α,β-unsaturated/α-hetero) is 2. The molecule has 2 rings (SSSR count). The zero-order valence-electron chi connectivity index (χ0n) is 8.18. The van der Waals surface area contributed by atoms with Gasteiger partial charge in [0.2, 0.25) is 0 Å². The van der Waals surface area contributed by atoms with E-state index in [0.29, 0.717) is 6.21 Å². The minimum absolute atomic E-state index is 0.186. The van der Waals surface area contributed by atoms with E-state index in [-0.39, 0.29) is 5.69 Å². The van der Waals surface area contributed by atoms with Crippen LogP contribution in [-0.4, -0.2) is 27.6 Å². The summed E-state index contributed by atoms with van der Waals surface area (Å²) in [5.74, 6) is -1.59. The molecule has 1 heterocycles. The van der Waals surface area contributed by atoms with Crippen LogP contribution in [0.15, 0.2) is 30.3 Å². The van der Waals surface area contributed by atoms with Gasteiger partial charge in [0, 0.05) is 10.9 Å². The number of H-pyrrole nitrogens is 1. The maximum atomic E-state index is 11.5. The molecule has 5 nitrogen and oxygen atoms in total. The number of benzene rings is 1. The summed E-state index contributed by atoms with van der Waals surface area (Å²) >= 11 is 0. The molecule has 78 valence electrons. The van der Waals surface area contributed by atoms with Crippen LogP contribution in [0.25, 0.3) is 16.4 Å². The topological polar surface area (TPSA) is 86.3 Å². The van der Waals surface area contributed by atoms with E-state index in [0.717, 1.165) is 10.9 Å². The van der Waals surface area contributed by atoms with Crippen LogP contribution in [0, 0.1) is 0 Å². The van der Waals surface area contributed by atoms with Crippen molar-refractivity contribution in [3.63, 3.8) is 0 Å². The number of ketones is 2. The monoisotopic (exact) mass is 213 g/mol. The Balaban J connectivity index is 2.44. The van der Waals surface area contributed by atoms with Gasteiger partial charge in [-0.15, -0.1) is 0 Å². The van der Waals surface area contributed by atoms with Gasteiger partial charge in [-0.1, -0.05) is 18.2 Å². The Labute approximate surface area is 90.3 Å². The number of aromatic nitrogens is 1. The van der Waals surface area contributed by atoms with Crippen molar-refractivity contribution in [2.75, 3.05) is 0 Å². The first-order valence-corrected chi connectivity index (χ1v) is 4.56. The van der Waals surface area contributed by atoms with Gasteiger partial charge < -0.3 is 10.5 Å². The van der Waals surface area contributed by atoms with E-state index >= 15 is 0 Å². The number of carbonyl (C=O) groups is 2. The highest BCUT2D eigenvalue weighted by Gasteiger charge is 2.19. The van der Waals surface area contributed by atoms with Crippen LogP contribution in [0.3, 0.4) is 0 Å². The summed E-state index contributed by atoms with van der Waals surface area (Å²) in [7, 11) is 0. The summed E-state index contributed by atoms with van der Waals surface area (Å²) in [5, 5.41) is 0.847. The normalized spacial score (nSPS) is 9.75. The summed E-state index contributed by atoms with van der Waals surface area (Å²) in [6.45, 7) is 0. The number of hydrogen-bond acceptors (Lipinski definition) is 2. The smallest absolute Gasteiger partial charge is 0.331 e. The van der Waals surface area contributed by atoms with Gasteiger partial charge in [-0.05, 0) is 12.1 Å². The summed E-state index contributed by atoms with van der Waals surface area (Å²) < 4.78 is 0. The lowest BCUT2D eigenvalue weighted by Gasteiger charge is -1.87. The van der Waals surface area contributed by atoms with Crippen molar-refractivity contribution in [2.24, 2.45) is 0 Å². The predicted octanol–water partition coefficient (Wildman–Crippen LogP) is 1.22. The maximum absolute atomic E-state index is 11.5. The average Bonchev–Trinajstić information content (AvgIpc) is 2.71. The molecule has 0 amide bonds. The summed E-state index contributed by atoms with van der Waals surface area (Å²) in [4.78, 5) is 28.0. The third-order valence-electron chi connectivity index (χ3n) is 2.17. The second kappa shape index (κ2) is 3.92. The fourth-order valence-electron chi connectivity index (χ4n) is 1.44. The second-order valence-electron chi connectivity index (χ2n) is 3.21. The molecule has 0 aliphatic rings. The fraction of sp³-hybridized carbons (Fsp3) is 0. The number of rotatable bonds is 3. The molecule has 2 aromatic rings. The van der Waals surface area contributed by atoms with E-state index < -0.39 is 11.6 Å². The highest BCUT2D eigenvalue weighted by atomic mass is 16.2. The third kappa shape index (κ3) is 1.67. The average molecular weight is 213 g/mol. The van der Waals surface area contributed by atoms with E-state index in [2.05, 4.69) is 9.77 Å². The van der Waals surface area contributed by atoms with Crippen molar-refractivity contribution >= 4 is 28.7 Å². The molecule has 0 atom stereocenters. The summed E-state index contributed by atoms with van der Waals surface area (Å²) in [5.41, 5.74) is 9.12. The van der Waals surface area contributed by atoms with Gasteiger partial charge in [0.25, 0.3) is 5.78 Å². The van der Waals surface area contributed by atoms with Crippen molar-refractivity contribution < 1.29 is 14.4 Å². The Morgan fingerprint density at radius 1 is 1.31 bits per heavy atom. The molecule has 0 saturated heterocycles. The standard InChI is InChI=1S/C11H7N3O2/c12-13-6-10(15)11(16)9-5-7-3-1-2-4-8(7)14-9/h1-6,14H. The molecule has 0 bridgehead atoms. The van der Waals surface area contributed by atoms with Crippen LogP contribution in [0.5, 0.6) is 0 Å². The van der Waals surface area contributed by atoms with E-state index in [1.54, 1.807) is 12.1 Å². The molecule has 1 aromatic heterocycles. The highest BCUT2D eigenvalue weighted by molar-refractivity contribution is 6.61. The van der Waals surface area contributed by atoms with Crippen molar-refractivity contribution in [2.45, 2.75) is 0 Å². The van der Waals surface area contributed by atoms with Crippen molar-refractivity contribution in [1.29, 1.82) is 0 Å². The number of para-hydroxylation sites is 1. The third-order valence-corrected chi connectivity index (χ3v) is 2.17. The Morgan fingerprint density at radius 3 is 2.75 bits per heavy atom. The molecule has 1 N–H and O–H groups in total. The lowest BCUT2D eigenvalue weighted by atomic mass is 10.2. The number of fused-ring (bicyclic) bond motifs is 1. The predicted molar refractivity (Wildman–Crippen MR) is 57.3 cm³/mol. The fourth-order valence-corrected chi connectivity index (χ4v) is 1.44. The molecule has 0 saturated carbocycles. The Morgan fingerprint density at radius 2 is 2.06 bits per heavy atom. The van der Waals surface area contributed by atoms with Crippen LogP contribution < -0.4 is 0 Å². The number of nitrogens with zero attached hydrogens (tertiary/aromatic N) is 2. The minimum atomic E-state index is -0.867. The number of aromatic amines is 1. The first-order chi connectivity index (χ1) is 7.72. The zero-order chi connectivity index (χ0) is 11.5. The van der Waals surface area contributed by atoms with Gasteiger partial charge in [0.05, 0.1) is 5.69 Å². The molecule has 16 heavy (non-hydrogen) atoms. The van der Waals surface area contributed by atoms with Crippen molar-refractivity contribution in [3.05, 3.63) is 41.6 Å². The maximum Gasteiger partial charge on any atom is 0.331 e. The quantitative estimate of drug-likeness (QED) is 0.273. The number of nitrogens with one attached hydrogen (secondary N) is 1. The van der Waals surface area contributed by atoms with E-state index in [4.69, 9.17) is 5.53 Å². The molecule has 0 aliphatic carbocycles. The molecular weight excluding hydrogens is 206 g/mol. The van der Waals surface area contributed by atoms with Crippen LogP contribution in [-0.2, 0) is 4.79 Å². The summed E-state index contributed by atoms with van der Waals surface area (Å²) in [6, 6.07) is 8.87. The highest BCUT2D eigenvalue weighted by Crippen LogP contribution is 2.14. The molecule has 0 radical (unpaired) electrons. The Kier molecular flexibility index (Phi) is 2.45. The lowest BCUT2D eigenvalue weighted by molar-refractivity contribution is -0.112. The first-order valence-electron chi connectivity index (χ1n) is 4.56. The molecule has 5 heteroatoms. The van der Waals surface area contributed by atoms with Crippen molar-refractivity contribution in [3.8, 4) is 0 Å². The van der Waals surface area contributed by atoms with Gasteiger partial charge in [0.15, 0.2) is 0 Å². The SMILES string of the molecule is [N-]=[N+]=CC(=O)C(=O)c1cc2ccccc2[nH]1. The van der Waals surface area contributed by atoms with Gasteiger partial charge >= 0.3 is 12.0 Å². The molecular formula is C11H7N3O2. The number of carbonyl (C=O) groups excluding carboxylic acids is 2. The minimum Gasteiger partial charge on any atom is -0.361 e. The molecule has 0 spiro atoms. The first kappa shape index (κ1) is 10.0. The zero-order valence-corrected chi connectivity index (χ0v) is 8.18. The summed E-state index contributed by atoms with van der Waals surface area (Å²) in [6.07, 6.45) is 0.577. The van der Waals surface area contributed by atoms with E-state index in [1.807, 2.05) is 18.2 Å². The van der Waals surface area contributed by atoms with E-state index in [1.165, 1.54) is 0 Å². The Bertz CT molecular complexity index is 588. The number of hydrogen-bond donors (Lipinski definition) is 1. The van der Waals surface area contributed by atoms with Crippen molar-refractivity contribution in [1.82, 2.24) is 4.98 Å². The molecule has 0 fully saturated rings. The van der Waals surface area contributed by atoms with Gasteiger partial charge in [-0.3, -0.25) is 9.59 Å². The van der Waals surface area contributed by atoms with Gasteiger partial charge in [0.1, 0.15) is 0 Å². The van der Waals surface area contributed by atoms with Gasteiger partial charge in [-0.25, -0.2) is 0 Å². The molecule has 0 aliphatic heterocycles. The largest absolute Gasteiger partial charge is 0.361 e. The van der Waals surface area contributed by atoms with Gasteiger partial charge in [-0.2, -0.15) is 4.79 Å². The van der Waals surface area contributed by atoms with Crippen LogP contribution in [0.4, 0.5) is 0 Å². The van der Waals surface area contributed by atoms with Crippen LogP contribution in [0.2, 0.25) is 0 Å². The second-order valence-corrected chi connectivity index (χ2v) is 3.21. The lowest BCUT2D eigenvalue weighted by Crippen LogP contribution is -2.15. The molecule has 1 aromatic carbocycles.